The van der Waals surface area contributed by atoms with Crippen molar-refractivity contribution in [3.8, 4) is 22.5 Å². The van der Waals surface area contributed by atoms with Gasteiger partial charge in [0, 0.05) is 33.8 Å². The molecule has 0 bridgehead atoms. The van der Waals surface area contributed by atoms with Crippen LogP contribution in [-0.2, 0) is 5.54 Å². The molecule has 1 aliphatic carbocycles. The van der Waals surface area contributed by atoms with Gasteiger partial charge in [-0.25, -0.2) is 9.37 Å². The molecule has 0 unspecified atom stereocenters. The van der Waals surface area contributed by atoms with E-state index in [1.807, 2.05) is 55.5 Å². The smallest absolute Gasteiger partial charge is 0.251 e. The number of pyridine rings is 1. The summed E-state index contributed by atoms with van der Waals surface area (Å²) in [6, 6.07) is 26.0. The monoisotopic (exact) mass is 462 g/mol. The van der Waals surface area contributed by atoms with Gasteiger partial charge in [0.1, 0.15) is 11.6 Å². The number of nitrogens with zero attached hydrogens (tertiary/aromatic N) is 1. The first kappa shape index (κ1) is 21.3. The highest BCUT2D eigenvalue weighted by Crippen LogP contribution is 2.45. The van der Waals surface area contributed by atoms with Crippen molar-refractivity contribution in [1.82, 2.24) is 10.3 Å². The Kier molecular flexibility index (Phi) is 4.99. The number of furan rings is 1. The third kappa shape index (κ3) is 3.89. The Hall–Kier alpha value is -4.25. The summed E-state index contributed by atoms with van der Waals surface area (Å²) >= 11 is 0. The van der Waals surface area contributed by atoms with Crippen LogP contribution in [0.4, 0.5) is 4.39 Å². The molecule has 1 saturated carbocycles. The van der Waals surface area contributed by atoms with Gasteiger partial charge in [-0.05, 0) is 73.4 Å². The summed E-state index contributed by atoms with van der Waals surface area (Å²) in [5.41, 5.74) is 5.55. The van der Waals surface area contributed by atoms with Crippen LogP contribution in [0.25, 0.3) is 33.6 Å². The van der Waals surface area contributed by atoms with Crippen molar-refractivity contribution in [2.24, 2.45) is 0 Å². The average molecular weight is 463 g/mol. The highest BCUT2D eigenvalue weighted by molar-refractivity contribution is 5.96. The van der Waals surface area contributed by atoms with Gasteiger partial charge in [0.15, 0.2) is 0 Å². The van der Waals surface area contributed by atoms with Crippen molar-refractivity contribution < 1.29 is 13.6 Å². The lowest BCUT2D eigenvalue weighted by Gasteiger charge is -2.18. The molecule has 1 amide bonds. The standard InChI is InChI=1S/C30H23FN2O2/c1-19-26-17-23(18-32-29(26)35-27(19)20-10-12-25(31)13-11-20)21-6-5-7-22(16-21)28(34)33-30(14-15-30)24-8-3-2-4-9-24/h2-13,16-18H,14-15H2,1H3,(H,33,34). The highest BCUT2D eigenvalue weighted by atomic mass is 19.1. The number of benzene rings is 3. The molecule has 4 nitrogen and oxygen atoms in total. The lowest BCUT2D eigenvalue weighted by Crippen LogP contribution is -2.34. The zero-order chi connectivity index (χ0) is 24.0. The molecular weight excluding hydrogens is 439 g/mol. The number of hydrogen-bond acceptors (Lipinski definition) is 3. The fourth-order valence-corrected chi connectivity index (χ4v) is 4.63. The summed E-state index contributed by atoms with van der Waals surface area (Å²) in [5, 5.41) is 4.13. The third-order valence-electron chi connectivity index (χ3n) is 6.79. The van der Waals surface area contributed by atoms with Crippen LogP contribution in [0.3, 0.4) is 0 Å². The Morgan fingerprint density at radius 3 is 2.43 bits per heavy atom. The van der Waals surface area contributed by atoms with Gasteiger partial charge in [-0.1, -0.05) is 42.5 Å². The van der Waals surface area contributed by atoms with Gasteiger partial charge in [0.25, 0.3) is 5.91 Å². The number of aromatic nitrogens is 1. The van der Waals surface area contributed by atoms with E-state index in [9.17, 15) is 9.18 Å². The van der Waals surface area contributed by atoms with Crippen LogP contribution in [0.1, 0.15) is 34.3 Å². The van der Waals surface area contributed by atoms with E-state index in [1.165, 1.54) is 12.1 Å². The van der Waals surface area contributed by atoms with Crippen molar-refractivity contribution in [1.29, 1.82) is 0 Å². The van der Waals surface area contributed by atoms with Gasteiger partial charge in [-0.2, -0.15) is 0 Å². The van der Waals surface area contributed by atoms with E-state index in [-0.39, 0.29) is 17.3 Å². The van der Waals surface area contributed by atoms with Crippen LogP contribution in [0, 0.1) is 12.7 Å². The maximum Gasteiger partial charge on any atom is 0.251 e. The van der Waals surface area contributed by atoms with E-state index in [0.29, 0.717) is 17.0 Å². The first-order chi connectivity index (χ1) is 17.0. The SMILES string of the molecule is Cc1c(-c2ccc(F)cc2)oc2ncc(-c3cccc(C(=O)NC4(c5ccccc5)CC4)c3)cc12. The van der Waals surface area contributed by atoms with Crippen molar-refractivity contribution in [2.45, 2.75) is 25.3 Å². The first-order valence-corrected chi connectivity index (χ1v) is 11.7. The van der Waals surface area contributed by atoms with Gasteiger partial charge >= 0.3 is 0 Å². The van der Waals surface area contributed by atoms with Gasteiger partial charge < -0.3 is 9.73 Å². The molecular formula is C30H23FN2O2. The van der Waals surface area contributed by atoms with E-state index in [1.54, 1.807) is 18.3 Å². The average Bonchev–Trinajstić information content (AvgIpc) is 3.61. The topological polar surface area (TPSA) is 55.1 Å². The molecule has 0 radical (unpaired) electrons. The molecule has 1 aliphatic rings. The van der Waals surface area contributed by atoms with Crippen molar-refractivity contribution in [3.05, 3.63) is 114 Å². The zero-order valence-corrected chi connectivity index (χ0v) is 19.2. The van der Waals surface area contributed by atoms with Crippen molar-refractivity contribution in [3.63, 3.8) is 0 Å². The quantitative estimate of drug-likeness (QED) is 0.305. The molecule has 0 spiro atoms. The number of nitrogens with one attached hydrogen (secondary N) is 1. The molecule has 0 atom stereocenters. The molecule has 0 saturated heterocycles. The minimum atomic E-state index is -0.289. The summed E-state index contributed by atoms with van der Waals surface area (Å²) in [6.07, 6.45) is 3.64. The fraction of sp³-hybridized carbons (Fsp3) is 0.133. The normalized spacial score (nSPS) is 14.1. The Labute approximate surface area is 202 Å². The summed E-state index contributed by atoms with van der Waals surface area (Å²) < 4.78 is 19.3. The Morgan fingerprint density at radius 1 is 0.914 bits per heavy atom. The van der Waals surface area contributed by atoms with E-state index < -0.39 is 0 Å². The van der Waals surface area contributed by atoms with E-state index in [0.717, 1.165) is 46.0 Å². The van der Waals surface area contributed by atoms with Crippen LogP contribution < -0.4 is 5.32 Å². The molecule has 2 heterocycles. The van der Waals surface area contributed by atoms with Crippen LogP contribution in [-0.4, -0.2) is 10.9 Å². The molecule has 3 aromatic carbocycles. The molecule has 2 aromatic heterocycles. The molecule has 172 valence electrons. The fourth-order valence-electron chi connectivity index (χ4n) is 4.63. The van der Waals surface area contributed by atoms with Crippen LogP contribution in [0.15, 0.2) is 95.5 Å². The van der Waals surface area contributed by atoms with Gasteiger partial charge in [0.2, 0.25) is 5.71 Å². The molecule has 5 aromatic rings. The number of carbonyl (C=O) groups is 1. The number of carbonyl (C=O) groups excluding carboxylic acids is 1. The van der Waals surface area contributed by atoms with Gasteiger partial charge in [-0.15, -0.1) is 0 Å². The second-order valence-corrected chi connectivity index (χ2v) is 9.12. The lowest BCUT2D eigenvalue weighted by molar-refractivity contribution is 0.0931. The molecule has 1 N–H and O–H groups in total. The van der Waals surface area contributed by atoms with E-state index in [2.05, 4.69) is 22.4 Å². The second-order valence-electron chi connectivity index (χ2n) is 9.12. The minimum absolute atomic E-state index is 0.0830. The zero-order valence-electron chi connectivity index (χ0n) is 19.2. The molecule has 0 aliphatic heterocycles. The van der Waals surface area contributed by atoms with E-state index in [4.69, 9.17) is 4.42 Å². The Bertz CT molecular complexity index is 1550. The van der Waals surface area contributed by atoms with Crippen LogP contribution in [0.5, 0.6) is 0 Å². The highest BCUT2D eigenvalue weighted by Gasteiger charge is 2.45. The summed E-state index contributed by atoms with van der Waals surface area (Å²) in [7, 11) is 0. The number of hydrogen-bond donors (Lipinski definition) is 1. The largest absolute Gasteiger partial charge is 0.437 e. The predicted octanol–water partition coefficient (Wildman–Crippen LogP) is 7.03. The number of rotatable bonds is 5. The summed E-state index contributed by atoms with van der Waals surface area (Å²) in [5.74, 6) is 0.303. The first-order valence-electron chi connectivity index (χ1n) is 11.7. The minimum Gasteiger partial charge on any atom is -0.437 e. The van der Waals surface area contributed by atoms with Crippen molar-refractivity contribution >= 4 is 17.0 Å². The van der Waals surface area contributed by atoms with Gasteiger partial charge in [0.05, 0.1) is 5.54 Å². The van der Waals surface area contributed by atoms with Gasteiger partial charge in [-0.3, -0.25) is 4.79 Å². The number of aryl methyl sites for hydroxylation is 1. The molecule has 6 rings (SSSR count). The molecule has 5 heteroatoms. The third-order valence-corrected chi connectivity index (χ3v) is 6.79. The maximum atomic E-state index is 13.3. The van der Waals surface area contributed by atoms with Crippen LogP contribution >= 0.6 is 0 Å². The Balaban J connectivity index is 1.30. The van der Waals surface area contributed by atoms with E-state index >= 15 is 0 Å². The molecule has 1 fully saturated rings. The van der Waals surface area contributed by atoms with Crippen LogP contribution in [0.2, 0.25) is 0 Å². The maximum absolute atomic E-state index is 13.3. The number of amides is 1. The summed E-state index contributed by atoms with van der Waals surface area (Å²) in [6.45, 7) is 1.97. The number of halogens is 1. The second kappa shape index (κ2) is 8.20. The summed E-state index contributed by atoms with van der Waals surface area (Å²) in [4.78, 5) is 17.7. The predicted molar refractivity (Wildman–Crippen MR) is 134 cm³/mol. The Morgan fingerprint density at radius 2 is 1.69 bits per heavy atom. The lowest BCUT2D eigenvalue weighted by atomic mass is 10.0. The number of fused-ring (bicyclic) bond motifs is 1. The van der Waals surface area contributed by atoms with Crippen molar-refractivity contribution in [2.75, 3.05) is 0 Å². The molecule has 35 heavy (non-hydrogen) atoms.